The number of benzene rings is 1. The molecule has 0 atom stereocenters. The molecular weight excluding hydrogens is 240 g/mol. The Labute approximate surface area is 93.2 Å². The monoisotopic (exact) mass is 250 g/mol. The van der Waals surface area contributed by atoms with Crippen LogP contribution in [-0.2, 0) is 9.05 Å². The number of halogens is 1. The summed E-state index contributed by atoms with van der Waals surface area (Å²) < 4.78 is 32.5. The highest BCUT2D eigenvalue weighted by Crippen LogP contribution is 2.32. The second-order valence-electron chi connectivity index (χ2n) is 2.89. The molecule has 0 spiro atoms. The SMILES string of the molecule is COc1cc(OC)c(C)c(S(=O)(=O)Cl)c1. The van der Waals surface area contributed by atoms with Gasteiger partial charge in [-0.15, -0.1) is 0 Å². The maximum atomic E-state index is 11.2. The van der Waals surface area contributed by atoms with Crippen LogP contribution >= 0.6 is 10.7 Å². The predicted octanol–water partition coefficient (Wildman–Crippen LogP) is 1.94. The normalized spacial score (nSPS) is 11.2. The van der Waals surface area contributed by atoms with Crippen LogP contribution in [0.4, 0.5) is 0 Å². The van der Waals surface area contributed by atoms with Crippen molar-refractivity contribution in [2.45, 2.75) is 11.8 Å². The first-order valence-corrected chi connectivity index (χ1v) is 6.38. The summed E-state index contributed by atoms with van der Waals surface area (Å²) in [5.41, 5.74) is 0.466. The van der Waals surface area contributed by atoms with Gasteiger partial charge in [0.15, 0.2) is 0 Å². The molecule has 0 saturated carbocycles. The van der Waals surface area contributed by atoms with Gasteiger partial charge >= 0.3 is 0 Å². The Morgan fingerprint density at radius 1 is 1.20 bits per heavy atom. The molecular formula is C9H11ClO4S. The van der Waals surface area contributed by atoms with E-state index in [1.807, 2.05) is 0 Å². The highest BCUT2D eigenvalue weighted by Gasteiger charge is 2.18. The molecule has 0 unspecified atom stereocenters. The Kier molecular flexibility index (Phi) is 3.46. The first-order chi connectivity index (χ1) is 6.90. The molecule has 0 amide bonds. The summed E-state index contributed by atoms with van der Waals surface area (Å²) in [6.07, 6.45) is 0. The van der Waals surface area contributed by atoms with Crippen LogP contribution in [0.5, 0.6) is 11.5 Å². The standard InChI is InChI=1S/C9H11ClO4S/c1-6-8(14-3)4-7(13-2)5-9(6)15(10,11)12/h4-5H,1-3H3. The lowest BCUT2D eigenvalue weighted by atomic mass is 10.2. The van der Waals surface area contributed by atoms with Gasteiger partial charge in [-0.2, -0.15) is 0 Å². The second kappa shape index (κ2) is 4.28. The van der Waals surface area contributed by atoms with Gasteiger partial charge in [-0.1, -0.05) is 0 Å². The van der Waals surface area contributed by atoms with Crippen molar-refractivity contribution in [1.82, 2.24) is 0 Å². The maximum Gasteiger partial charge on any atom is 0.261 e. The molecule has 0 aliphatic heterocycles. The molecule has 0 radical (unpaired) electrons. The predicted molar refractivity (Wildman–Crippen MR) is 57.3 cm³/mol. The van der Waals surface area contributed by atoms with Crippen LogP contribution in [0.1, 0.15) is 5.56 Å². The number of ether oxygens (including phenoxy) is 2. The van der Waals surface area contributed by atoms with Crippen LogP contribution in [0.2, 0.25) is 0 Å². The minimum atomic E-state index is -3.79. The van der Waals surface area contributed by atoms with Gasteiger partial charge in [0.05, 0.1) is 19.1 Å². The van der Waals surface area contributed by atoms with Crippen molar-refractivity contribution in [2.75, 3.05) is 14.2 Å². The minimum absolute atomic E-state index is 0.000340. The summed E-state index contributed by atoms with van der Waals surface area (Å²) >= 11 is 0. The summed E-state index contributed by atoms with van der Waals surface area (Å²) in [5.74, 6) is 0.810. The Morgan fingerprint density at radius 2 is 1.80 bits per heavy atom. The molecule has 0 aliphatic carbocycles. The fourth-order valence-electron chi connectivity index (χ4n) is 1.22. The molecule has 84 valence electrons. The summed E-state index contributed by atoms with van der Waals surface area (Å²) in [6, 6.07) is 2.96. The third kappa shape index (κ3) is 2.54. The quantitative estimate of drug-likeness (QED) is 0.770. The molecule has 0 saturated heterocycles. The van der Waals surface area contributed by atoms with Gasteiger partial charge in [0, 0.05) is 28.4 Å². The Morgan fingerprint density at radius 3 is 2.20 bits per heavy atom. The van der Waals surface area contributed by atoms with Gasteiger partial charge in [-0.05, 0) is 6.92 Å². The van der Waals surface area contributed by atoms with Gasteiger partial charge < -0.3 is 9.47 Å². The lowest BCUT2D eigenvalue weighted by Gasteiger charge is -2.10. The van der Waals surface area contributed by atoms with E-state index in [4.69, 9.17) is 20.2 Å². The Balaban J connectivity index is 3.51. The van der Waals surface area contributed by atoms with Crippen LogP contribution in [0.3, 0.4) is 0 Å². The van der Waals surface area contributed by atoms with Crippen molar-refractivity contribution in [3.8, 4) is 11.5 Å². The van der Waals surface area contributed by atoms with E-state index in [0.29, 0.717) is 17.1 Å². The number of hydrogen-bond acceptors (Lipinski definition) is 4. The first-order valence-electron chi connectivity index (χ1n) is 4.07. The molecule has 1 aromatic carbocycles. The third-order valence-electron chi connectivity index (χ3n) is 2.00. The zero-order valence-electron chi connectivity index (χ0n) is 8.57. The van der Waals surface area contributed by atoms with Crippen LogP contribution < -0.4 is 9.47 Å². The van der Waals surface area contributed by atoms with Crippen molar-refractivity contribution in [3.63, 3.8) is 0 Å². The Hall–Kier alpha value is -0.940. The molecule has 0 bridgehead atoms. The molecule has 0 fully saturated rings. The first kappa shape index (κ1) is 12.1. The molecule has 1 aromatic rings. The smallest absolute Gasteiger partial charge is 0.261 e. The number of hydrogen-bond donors (Lipinski definition) is 0. The molecule has 0 heterocycles. The van der Waals surface area contributed by atoms with E-state index in [0.717, 1.165) is 0 Å². The molecule has 0 N–H and O–H groups in total. The van der Waals surface area contributed by atoms with Gasteiger partial charge in [0.1, 0.15) is 11.5 Å². The maximum absolute atomic E-state index is 11.2. The minimum Gasteiger partial charge on any atom is -0.497 e. The Bertz CT molecular complexity index is 467. The molecule has 0 aromatic heterocycles. The third-order valence-corrected chi connectivity index (χ3v) is 3.45. The topological polar surface area (TPSA) is 52.6 Å². The van der Waals surface area contributed by atoms with E-state index < -0.39 is 9.05 Å². The van der Waals surface area contributed by atoms with Crippen molar-refractivity contribution < 1.29 is 17.9 Å². The van der Waals surface area contributed by atoms with Crippen LogP contribution in [0.15, 0.2) is 17.0 Å². The molecule has 6 heteroatoms. The molecule has 1 rings (SSSR count). The molecule has 15 heavy (non-hydrogen) atoms. The van der Waals surface area contributed by atoms with E-state index in [1.54, 1.807) is 13.0 Å². The number of rotatable bonds is 3. The van der Waals surface area contributed by atoms with E-state index in [2.05, 4.69) is 0 Å². The fraction of sp³-hybridized carbons (Fsp3) is 0.333. The molecule has 0 aliphatic rings. The summed E-state index contributed by atoms with van der Waals surface area (Å²) in [7, 11) is 4.39. The molecule has 4 nitrogen and oxygen atoms in total. The summed E-state index contributed by atoms with van der Waals surface area (Å²) in [5, 5.41) is 0. The van der Waals surface area contributed by atoms with Crippen molar-refractivity contribution in [2.24, 2.45) is 0 Å². The number of methoxy groups -OCH3 is 2. The van der Waals surface area contributed by atoms with E-state index in [9.17, 15) is 8.42 Å². The summed E-state index contributed by atoms with van der Waals surface area (Å²) in [4.78, 5) is 0.000340. The van der Waals surface area contributed by atoms with Gasteiger partial charge in [-0.25, -0.2) is 8.42 Å². The lowest BCUT2D eigenvalue weighted by molar-refractivity contribution is 0.389. The van der Waals surface area contributed by atoms with Crippen molar-refractivity contribution in [3.05, 3.63) is 17.7 Å². The lowest BCUT2D eigenvalue weighted by Crippen LogP contribution is -1.99. The van der Waals surface area contributed by atoms with Gasteiger partial charge in [0.25, 0.3) is 9.05 Å². The van der Waals surface area contributed by atoms with Crippen LogP contribution in [0.25, 0.3) is 0 Å². The van der Waals surface area contributed by atoms with E-state index in [1.165, 1.54) is 20.3 Å². The zero-order chi connectivity index (χ0) is 11.6. The van der Waals surface area contributed by atoms with Crippen molar-refractivity contribution >= 4 is 19.7 Å². The fourth-order valence-corrected chi connectivity index (χ4v) is 2.43. The highest BCUT2D eigenvalue weighted by molar-refractivity contribution is 8.13. The van der Waals surface area contributed by atoms with E-state index >= 15 is 0 Å². The average molecular weight is 251 g/mol. The van der Waals surface area contributed by atoms with E-state index in [-0.39, 0.29) is 4.90 Å². The second-order valence-corrected chi connectivity index (χ2v) is 5.43. The largest absolute Gasteiger partial charge is 0.497 e. The van der Waals surface area contributed by atoms with Crippen molar-refractivity contribution in [1.29, 1.82) is 0 Å². The van der Waals surface area contributed by atoms with Gasteiger partial charge in [-0.3, -0.25) is 0 Å². The van der Waals surface area contributed by atoms with Crippen LogP contribution in [0, 0.1) is 6.92 Å². The zero-order valence-corrected chi connectivity index (χ0v) is 10.1. The van der Waals surface area contributed by atoms with Gasteiger partial charge in [0.2, 0.25) is 0 Å². The summed E-state index contributed by atoms with van der Waals surface area (Å²) in [6.45, 7) is 1.62. The highest BCUT2D eigenvalue weighted by atomic mass is 35.7. The average Bonchev–Trinajstić information content (AvgIpc) is 2.16. The van der Waals surface area contributed by atoms with Crippen LogP contribution in [-0.4, -0.2) is 22.6 Å².